The number of aromatic nitrogens is 1. The molecule has 0 amide bonds. The van der Waals surface area contributed by atoms with E-state index in [-0.39, 0.29) is 11.9 Å². The average Bonchev–Trinajstić information content (AvgIpc) is 2.38. The molecule has 21 heavy (non-hydrogen) atoms. The maximum atomic E-state index is 14.0. The predicted octanol–water partition coefficient (Wildman–Crippen LogP) is 2.28. The van der Waals surface area contributed by atoms with Crippen LogP contribution in [0, 0.1) is 5.82 Å². The second kappa shape index (κ2) is 6.58. The monoisotopic (exact) mass is 379 g/mol. The molecule has 1 saturated heterocycles. The molecule has 1 aliphatic heterocycles. The summed E-state index contributed by atoms with van der Waals surface area (Å²) in [6, 6.07) is 1.15. The Hall–Kier alpha value is -0.730. The minimum atomic E-state index is -3.32. The van der Waals surface area contributed by atoms with Gasteiger partial charge in [0.25, 0.3) is 0 Å². The Bertz CT molecular complexity index is 609. The van der Waals surface area contributed by atoms with Crippen molar-refractivity contribution in [1.29, 1.82) is 0 Å². The second-order valence-corrected chi connectivity index (χ2v) is 8.64. The molecule has 0 radical (unpaired) electrons. The number of hydrogen-bond acceptors (Lipinski definition) is 4. The van der Waals surface area contributed by atoms with Crippen LogP contribution in [0.5, 0.6) is 0 Å². The number of nitrogens with one attached hydrogen (secondary N) is 1. The van der Waals surface area contributed by atoms with Crippen LogP contribution >= 0.6 is 15.9 Å². The highest BCUT2D eigenvalue weighted by molar-refractivity contribution is 9.10. The average molecular weight is 380 g/mol. The third-order valence-corrected chi connectivity index (χ3v) is 5.80. The maximum absolute atomic E-state index is 14.0. The zero-order valence-corrected chi connectivity index (χ0v) is 14.4. The van der Waals surface area contributed by atoms with Gasteiger partial charge in [0.2, 0.25) is 10.0 Å². The van der Waals surface area contributed by atoms with E-state index in [1.165, 1.54) is 6.07 Å². The van der Waals surface area contributed by atoms with Crippen molar-refractivity contribution in [3.05, 3.63) is 22.6 Å². The van der Waals surface area contributed by atoms with Crippen molar-refractivity contribution in [1.82, 2.24) is 9.71 Å². The van der Waals surface area contributed by atoms with Gasteiger partial charge in [-0.15, -0.1) is 0 Å². The van der Waals surface area contributed by atoms with Gasteiger partial charge < -0.3 is 4.90 Å². The van der Waals surface area contributed by atoms with Crippen LogP contribution in [0.1, 0.15) is 26.7 Å². The molecule has 1 atom stereocenters. The number of rotatable bonds is 4. The van der Waals surface area contributed by atoms with Gasteiger partial charge in [-0.2, -0.15) is 0 Å². The first-order valence-corrected chi connectivity index (χ1v) is 9.20. The SMILES string of the molecule is CC(C)S(=O)(=O)NC1CCCN(c2ncc(Br)cc2F)C1. The minimum absolute atomic E-state index is 0.212. The number of anilines is 1. The van der Waals surface area contributed by atoms with E-state index in [1.807, 2.05) is 0 Å². The molecule has 5 nitrogen and oxygen atoms in total. The molecule has 1 N–H and O–H groups in total. The Kier molecular flexibility index (Phi) is 5.21. The Morgan fingerprint density at radius 2 is 2.24 bits per heavy atom. The molecule has 1 fully saturated rings. The molecular formula is C13H19BrFN3O2S. The maximum Gasteiger partial charge on any atom is 0.214 e. The standard InChI is InChI=1S/C13H19BrFN3O2S/c1-9(2)21(19,20)17-11-4-3-5-18(8-11)13-12(15)6-10(14)7-16-13/h6-7,9,11,17H,3-5,8H2,1-2H3. The van der Waals surface area contributed by atoms with Crippen molar-refractivity contribution < 1.29 is 12.8 Å². The van der Waals surface area contributed by atoms with Crippen LogP contribution in [0.2, 0.25) is 0 Å². The van der Waals surface area contributed by atoms with Crippen molar-refractivity contribution in [3.63, 3.8) is 0 Å². The first kappa shape index (κ1) is 16.6. The second-order valence-electron chi connectivity index (χ2n) is 5.46. The molecule has 0 aliphatic carbocycles. The summed E-state index contributed by atoms with van der Waals surface area (Å²) in [5.41, 5.74) is 0. The van der Waals surface area contributed by atoms with Crippen LogP contribution < -0.4 is 9.62 Å². The first-order chi connectivity index (χ1) is 9.79. The summed E-state index contributed by atoms with van der Waals surface area (Å²) < 4.78 is 41.1. The van der Waals surface area contributed by atoms with Crippen molar-refractivity contribution in [3.8, 4) is 0 Å². The fourth-order valence-corrected chi connectivity index (χ4v) is 3.51. The van der Waals surface area contributed by atoms with Crippen LogP contribution in [0.15, 0.2) is 16.7 Å². The van der Waals surface area contributed by atoms with E-state index >= 15 is 0 Å². The van der Waals surface area contributed by atoms with Crippen molar-refractivity contribution in [2.45, 2.75) is 38.0 Å². The fourth-order valence-electron chi connectivity index (χ4n) is 2.27. The zero-order valence-electron chi connectivity index (χ0n) is 12.0. The lowest BCUT2D eigenvalue weighted by molar-refractivity contribution is 0.456. The van der Waals surface area contributed by atoms with Crippen LogP contribution in [-0.4, -0.2) is 37.8 Å². The summed E-state index contributed by atoms with van der Waals surface area (Å²) in [4.78, 5) is 5.88. The summed E-state index contributed by atoms with van der Waals surface area (Å²) in [6.07, 6.45) is 3.09. The molecule has 118 valence electrons. The van der Waals surface area contributed by atoms with E-state index in [4.69, 9.17) is 0 Å². The van der Waals surface area contributed by atoms with Crippen LogP contribution in [0.4, 0.5) is 10.2 Å². The zero-order chi connectivity index (χ0) is 15.6. The van der Waals surface area contributed by atoms with Gasteiger partial charge in [-0.3, -0.25) is 0 Å². The molecule has 1 unspecified atom stereocenters. The molecule has 8 heteroatoms. The number of nitrogens with zero attached hydrogens (tertiary/aromatic N) is 2. The van der Waals surface area contributed by atoms with Gasteiger partial charge >= 0.3 is 0 Å². The van der Waals surface area contributed by atoms with E-state index in [0.29, 0.717) is 17.6 Å². The van der Waals surface area contributed by atoms with E-state index in [0.717, 1.165) is 12.8 Å². The van der Waals surface area contributed by atoms with Crippen molar-refractivity contribution >= 4 is 31.8 Å². The van der Waals surface area contributed by atoms with E-state index in [1.54, 1.807) is 24.9 Å². The van der Waals surface area contributed by atoms with Gasteiger partial charge in [-0.1, -0.05) is 0 Å². The lowest BCUT2D eigenvalue weighted by Gasteiger charge is -2.34. The molecule has 2 rings (SSSR count). The third kappa shape index (κ3) is 4.14. The lowest BCUT2D eigenvalue weighted by atomic mass is 10.1. The van der Waals surface area contributed by atoms with Crippen molar-refractivity contribution in [2.24, 2.45) is 0 Å². The topological polar surface area (TPSA) is 62.3 Å². The van der Waals surface area contributed by atoms with Gasteiger partial charge in [0, 0.05) is 29.8 Å². The van der Waals surface area contributed by atoms with Crippen LogP contribution in [0.25, 0.3) is 0 Å². The Labute approximate surface area is 133 Å². The smallest absolute Gasteiger partial charge is 0.214 e. The van der Waals surface area contributed by atoms with E-state index in [9.17, 15) is 12.8 Å². The number of pyridine rings is 1. The molecule has 0 bridgehead atoms. The normalized spacial score (nSPS) is 20.0. The Balaban J connectivity index is 2.11. The van der Waals surface area contributed by atoms with Gasteiger partial charge in [0.1, 0.15) is 0 Å². The summed E-state index contributed by atoms with van der Waals surface area (Å²) in [5.74, 6) is -0.136. The molecule has 0 aromatic carbocycles. The summed E-state index contributed by atoms with van der Waals surface area (Å²) in [6.45, 7) is 4.38. The fraction of sp³-hybridized carbons (Fsp3) is 0.615. The lowest BCUT2D eigenvalue weighted by Crippen LogP contribution is -2.49. The molecular weight excluding hydrogens is 361 g/mol. The molecule has 1 aromatic rings. The van der Waals surface area contributed by atoms with Crippen LogP contribution in [-0.2, 0) is 10.0 Å². The largest absolute Gasteiger partial charge is 0.353 e. The van der Waals surface area contributed by atoms with Crippen molar-refractivity contribution in [2.75, 3.05) is 18.0 Å². The summed E-state index contributed by atoms with van der Waals surface area (Å²) in [5, 5.41) is -0.476. The summed E-state index contributed by atoms with van der Waals surface area (Å²) >= 11 is 3.18. The number of sulfonamides is 1. The number of piperidine rings is 1. The first-order valence-electron chi connectivity index (χ1n) is 6.86. The minimum Gasteiger partial charge on any atom is -0.353 e. The number of halogens is 2. The highest BCUT2D eigenvalue weighted by Gasteiger charge is 2.27. The van der Waals surface area contributed by atoms with E-state index < -0.39 is 21.1 Å². The predicted molar refractivity (Wildman–Crippen MR) is 84.3 cm³/mol. The summed E-state index contributed by atoms with van der Waals surface area (Å²) in [7, 11) is -3.32. The highest BCUT2D eigenvalue weighted by Crippen LogP contribution is 2.23. The highest BCUT2D eigenvalue weighted by atomic mass is 79.9. The quantitative estimate of drug-likeness (QED) is 0.871. The molecule has 2 heterocycles. The third-order valence-electron chi connectivity index (χ3n) is 3.46. The molecule has 0 spiro atoms. The molecule has 0 saturated carbocycles. The van der Waals surface area contributed by atoms with Gasteiger partial charge in [0.15, 0.2) is 11.6 Å². The molecule has 1 aliphatic rings. The van der Waals surface area contributed by atoms with Gasteiger partial charge in [0.05, 0.1) is 5.25 Å². The Morgan fingerprint density at radius 3 is 2.86 bits per heavy atom. The van der Waals surface area contributed by atoms with Gasteiger partial charge in [-0.25, -0.2) is 22.5 Å². The van der Waals surface area contributed by atoms with E-state index in [2.05, 4.69) is 25.6 Å². The van der Waals surface area contributed by atoms with Crippen LogP contribution in [0.3, 0.4) is 0 Å². The molecule has 1 aromatic heterocycles. The van der Waals surface area contributed by atoms with Gasteiger partial charge in [-0.05, 0) is 48.7 Å². The Morgan fingerprint density at radius 1 is 1.52 bits per heavy atom. The number of hydrogen-bond donors (Lipinski definition) is 1.